The fourth-order valence-corrected chi connectivity index (χ4v) is 1.74. The molecular weight excluding hydrogens is 302 g/mol. The predicted molar refractivity (Wildman–Crippen MR) is 61.2 cm³/mol. The zero-order valence-corrected chi connectivity index (χ0v) is 10.6. The lowest BCUT2D eigenvalue weighted by Gasteiger charge is -2.04. The highest BCUT2D eigenvalue weighted by molar-refractivity contribution is 9.08. The highest BCUT2D eigenvalue weighted by Gasteiger charge is 2.09. The van der Waals surface area contributed by atoms with Crippen molar-refractivity contribution in [1.82, 2.24) is 4.98 Å². The smallest absolute Gasteiger partial charge is 0.227 e. The number of aromatic amines is 1. The third-order valence-corrected chi connectivity index (χ3v) is 2.37. The number of pyridine rings is 1. The van der Waals surface area contributed by atoms with Gasteiger partial charge < -0.3 is 10.1 Å². The van der Waals surface area contributed by atoms with Crippen LogP contribution < -0.4 is 5.43 Å². The molecule has 1 aromatic rings. The molecule has 0 spiro atoms. The van der Waals surface area contributed by atoms with Crippen molar-refractivity contribution in [3.8, 4) is 5.75 Å². The molecule has 0 amide bonds. The van der Waals surface area contributed by atoms with Gasteiger partial charge >= 0.3 is 0 Å². The molecular formula is C8H11Br2NO2. The Morgan fingerprint density at radius 2 is 1.92 bits per heavy atom. The Morgan fingerprint density at radius 1 is 1.38 bits per heavy atom. The zero-order valence-electron chi connectivity index (χ0n) is 7.35. The molecule has 1 rings (SSSR count). The molecule has 0 unspecified atom stereocenters. The molecule has 74 valence electrons. The molecule has 0 aliphatic heterocycles. The van der Waals surface area contributed by atoms with Crippen molar-refractivity contribution >= 4 is 32.9 Å². The molecule has 0 fully saturated rings. The van der Waals surface area contributed by atoms with Gasteiger partial charge in [0.05, 0.1) is 5.69 Å². The lowest BCUT2D eigenvalue weighted by Crippen LogP contribution is -2.12. The summed E-state index contributed by atoms with van der Waals surface area (Å²) in [5.41, 5.74) is 1.60. The highest BCUT2D eigenvalue weighted by atomic mass is 79.9. The first-order valence-corrected chi connectivity index (χ1v) is 4.67. The van der Waals surface area contributed by atoms with Crippen LogP contribution in [0.15, 0.2) is 4.79 Å². The summed E-state index contributed by atoms with van der Waals surface area (Å²) in [6, 6.07) is 0. The number of hydrogen-bond acceptors (Lipinski definition) is 2. The zero-order chi connectivity index (χ0) is 9.30. The maximum Gasteiger partial charge on any atom is 0.227 e. The van der Waals surface area contributed by atoms with Crippen molar-refractivity contribution in [1.29, 1.82) is 0 Å². The lowest BCUT2D eigenvalue weighted by molar-refractivity contribution is 0.461. The van der Waals surface area contributed by atoms with Crippen LogP contribution in [-0.4, -0.2) is 10.1 Å². The number of H-pyrrole nitrogens is 1. The minimum absolute atomic E-state index is 0. The third kappa shape index (κ3) is 2.34. The van der Waals surface area contributed by atoms with Crippen molar-refractivity contribution in [2.24, 2.45) is 0 Å². The van der Waals surface area contributed by atoms with E-state index in [1.54, 1.807) is 6.92 Å². The monoisotopic (exact) mass is 311 g/mol. The average Bonchev–Trinajstić information content (AvgIpc) is 2.01. The standard InChI is InChI=1S/C8H10BrNO2.BrH/c1-4-6(3-9)8(12)7(11)5(2)10-4;/h11H,3H2,1-2H3,(H,10,12);1H. The van der Waals surface area contributed by atoms with Gasteiger partial charge in [0.1, 0.15) is 0 Å². The van der Waals surface area contributed by atoms with Crippen LogP contribution in [0.2, 0.25) is 0 Å². The second kappa shape index (κ2) is 4.81. The average molecular weight is 313 g/mol. The Balaban J connectivity index is 0.00000144. The molecule has 0 radical (unpaired) electrons. The predicted octanol–water partition coefficient (Wildman–Crippen LogP) is 2.17. The Kier molecular flexibility index (Phi) is 4.70. The van der Waals surface area contributed by atoms with E-state index in [1.807, 2.05) is 6.92 Å². The molecule has 1 aromatic heterocycles. The first kappa shape index (κ1) is 12.7. The van der Waals surface area contributed by atoms with E-state index in [1.165, 1.54) is 0 Å². The van der Waals surface area contributed by atoms with E-state index in [2.05, 4.69) is 20.9 Å². The minimum Gasteiger partial charge on any atom is -0.503 e. The highest BCUT2D eigenvalue weighted by Crippen LogP contribution is 2.12. The summed E-state index contributed by atoms with van der Waals surface area (Å²) in [5.74, 6) is -0.185. The second-order valence-electron chi connectivity index (χ2n) is 2.66. The van der Waals surface area contributed by atoms with E-state index < -0.39 is 0 Å². The van der Waals surface area contributed by atoms with Gasteiger partial charge in [0, 0.05) is 16.6 Å². The van der Waals surface area contributed by atoms with Crippen molar-refractivity contribution in [3.05, 3.63) is 27.2 Å². The summed E-state index contributed by atoms with van der Waals surface area (Å²) in [6.07, 6.45) is 0. The number of hydrogen-bond donors (Lipinski definition) is 2. The molecule has 0 saturated heterocycles. The first-order chi connectivity index (χ1) is 5.57. The lowest BCUT2D eigenvalue weighted by atomic mass is 10.2. The Morgan fingerprint density at radius 3 is 2.38 bits per heavy atom. The molecule has 13 heavy (non-hydrogen) atoms. The maximum atomic E-state index is 11.3. The van der Waals surface area contributed by atoms with Gasteiger partial charge in [0.2, 0.25) is 5.43 Å². The van der Waals surface area contributed by atoms with Crippen LogP contribution in [0.4, 0.5) is 0 Å². The number of aromatic nitrogens is 1. The van der Waals surface area contributed by atoms with Crippen LogP contribution in [0.3, 0.4) is 0 Å². The molecule has 1 heterocycles. The van der Waals surface area contributed by atoms with Crippen LogP contribution in [0.25, 0.3) is 0 Å². The number of aromatic hydroxyl groups is 1. The summed E-state index contributed by atoms with van der Waals surface area (Å²) in [4.78, 5) is 14.3. The van der Waals surface area contributed by atoms with Crippen molar-refractivity contribution in [2.45, 2.75) is 19.2 Å². The van der Waals surface area contributed by atoms with Gasteiger partial charge in [-0.15, -0.1) is 17.0 Å². The Hall–Kier alpha value is -0.290. The summed E-state index contributed by atoms with van der Waals surface area (Å²) in [6.45, 7) is 3.48. The number of halogens is 2. The van der Waals surface area contributed by atoms with E-state index >= 15 is 0 Å². The topological polar surface area (TPSA) is 53.1 Å². The van der Waals surface area contributed by atoms with Gasteiger partial charge in [-0.2, -0.15) is 0 Å². The minimum atomic E-state index is -0.291. The molecule has 0 bridgehead atoms. The van der Waals surface area contributed by atoms with E-state index in [9.17, 15) is 9.90 Å². The summed E-state index contributed by atoms with van der Waals surface area (Å²) in [7, 11) is 0. The molecule has 0 aliphatic rings. The van der Waals surface area contributed by atoms with Crippen LogP contribution in [0, 0.1) is 13.8 Å². The summed E-state index contributed by atoms with van der Waals surface area (Å²) < 4.78 is 0. The summed E-state index contributed by atoms with van der Waals surface area (Å²) >= 11 is 3.19. The first-order valence-electron chi connectivity index (χ1n) is 3.55. The van der Waals surface area contributed by atoms with E-state index in [0.29, 0.717) is 16.6 Å². The normalized spacial score (nSPS) is 9.46. The Bertz CT molecular complexity index is 360. The van der Waals surface area contributed by atoms with E-state index in [4.69, 9.17) is 0 Å². The molecule has 3 nitrogen and oxygen atoms in total. The number of aryl methyl sites for hydroxylation is 2. The molecule has 0 aliphatic carbocycles. The van der Waals surface area contributed by atoms with Crippen LogP contribution in [0.1, 0.15) is 17.0 Å². The molecule has 2 N–H and O–H groups in total. The van der Waals surface area contributed by atoms with Crippen LogP contribution >= 0.6 is 32.9 Å². The van der Waals surface area contributed by atoms with Crippen molar-refractivity contribution in [2.75, 3.05) is 0 Å². The number of alkyl halides is 1. The van der Waals surface area contributed by atoms with Crippen molar-refractivity contribution < 1.29 is 5.11 Å². The second-order valence-corrected chi connectivity index (χ2v) is 3.23. The van der Waals surface area contributed by atoms with E-state index in [-0.39, 0.29) is 28.2 Å². The maximum absolute atomic E-state index is 11.3. The van der Waals surface area contributed by atoms with Gasteiger partial charge in [0.15, 0.2) is 5.75 Å². The molecule has 0 aromatic carbocycles. The fraction of sp³-hybridized carbons (Fsp3) is 0.375. The van der Waals surface area contributed by atoms with E-state index in [0.717, 1.165) is 5.69 Å². The number of nitrogens with one attached hydrogen (secondary N) is 1. The van der Waals surface area contributed by atoms with Gasteiger partial charge in [-0.25, -0.2) is 0 Å². The number of rotatable bonds is 1. The van der Waals surface area contributed by atoms with Crippen molar-refractivity contribution in [3.63, 3.8) is 0 Å². The Labute approximate surface area is 95.1 Å². The fourth-order valence-electron chi connectivity index (χ4n) is 1.06. The van der Waals surface area contributed by atoms with Gasteiger partial charge in [-0.1, -0.05) is 15.9 Å². The largest absolute Gasteiger partial charge is 0.503 e. The molecule has 5 heteroatoms. The van der Waals surface area contributed by atoms with Gasteiger partial charge in [-0.05, 0) is 13.8 Å². The third-order valence-electron chi connectivity index (χ3n) is 1.81. The van der Waals surface area contributed by atoms with Crippen LogP contribution in [-0.2, 0) is 5.33 Å². The quantitative estimate of drug-likeness (QED) is 0.781. The summed E-state index contributed by atoms with van der Waals surface area (Å²) in [5, 5.41) is 9.74. The van der Waals surface area contributed by atoms with Gasteiger partial charge in [0.25, 0.3) is 0 Å². The molecule has 0 saturated carbocycles. The van der Waals surface area contributed by atoms with Crippen LogP contribution in [0.5, 0.6) is 5.75 Å². The van der Waals surface area contributed by atoms with Gasteiger partial charge in [-0.3, -0.25) is 4.79 Å². The SMILES string of the molecule is Br.Cc1[nH]c(C)c(CBr)c(=O)c1O. The molecule has 0 atom stereocenters.